The van der Waals surface area contributed by atoms with E-state index >= 15 is 0 Å². The topological polar surface area (TPSA) is 155 Å². The van der Waals surface area contributed by atoms with E-state index in [9.17, 15) is 0 Å². The molecule has 0 fully saturated rings. The lowest BCUT2D eigenvalue weighted by molar-refractivity contribution is 0.657. The molecule has 142 heavy (non-hydrogen) atoms. The monoisotopic (exact) mass is 1820 g/mol. The molecule has 19 aromatic carbocycles. The molecule has 0 aliphatic heterocycles. The second-order valence-electron chi connectivity index (χ2n) is 37.6. The number of nitrogens with zero attached hydrogens (tertiary/aromatic N) is 9. The number of fused-ring (bicyclic) bond motifs is 21. The molecular formula is C130H87N9O3. The zero-order chi connectivity index (χ0) is 94.7. The van der Waals surface area contributed by atoms with Gasteiger partial charge in [0.15, 0.2) is 52.4 Å². The molecule has 0 saturated heterocycles. The Morgan fingerprint density at radius 2 is 0.458 bits per heavy atom. The van der Waals surface area contributed by atoms with Gasteiger partial charge in [-0.1, -0.05) is 434 Å². The van der Waals surface area contributed by atoms with E-state index in [4.69, 9.17) is 58.1 Å². The summed E-state index contributed by atoms with van der Waals surface area (Å²) in [6, 6.07) is 158. The second kappa shape index (κ2) is 34.1. The first-order valence-corrected chi connectivity index (χ1v) is 48.1. The number of para-hydroxylation sites is 2. The van der Waals surface area contributed by atoms with Crippen LogP contribution in [-0.4, -0.2) is 44.9 Å². The Balaban J connectivity index is 0.000000109. The van der Waals surface area contributed by atoms with E-state index in [1.54, 1.807) is 0 Å². The Labute approximate surface area is 819 Å². The van der Waals surface area contributed by atoms with Gasteiger partial charge >= 0.3 is 0 Å². The lowest BCUT2D eigenvalue weighted by atomic mass is 9.67. The Morgan fingerprint density at radius 3 is 0.866 bits per heavy atom. The maximum Gasteiger partial charge on any atom is 0.164 e. The molecule has 0 amide bonds. The number of aromatic nitrogens is 9. The van der Waals surface area contributed by atoms with Gasteiger partial charge in [-0.2, -0.15) is 0 Å². The third kappa shape index (κ3) is 14.1. The van der Waals surface area contributed by atoms with Crippen LogP contribution in [0.15, 0.2) is 468 Å². The van der Waals surface area contributed by atoms with E-state index in [0.29, 0.717) is 52.4 Å². The molecule has 0 saturated carbocycles. The Kier molecular flexibility index (Phi) is 20.2. The number of hydrogen-bond donors (Lipinski definition) is 0. The van der Waals surface area contributed by atoms with Gasteiger partial charge in [0.25, 0.3) is 0 Å². The van der Waals surface area contributed by atoms with Gasteiger partial charge in [0.1, 0.15) is 33.5 Å². The van der Waals surface area contributed by atoms with Crippen molar-refractivity contribution in [3.8, 4) is 158 Å². The summed E-state index contributed by atoms with van der Waals surface area (Å²) in [5.41, 5.74) is 35.1. The zero-order valence-corrected chi connectivity index (χ0v) is 78.1. The van der Waals surface area contributed by atoms with Gasteiger partial charge in [-0.25, -0.2) is 44.9 Å². The SMILES string of the molecule is CC1(C)c2ccccc2-c2c1cc(-c1ccc(-c3nc(-c4ccccc4)nc(-c4ccccc4)n3)cc1)c1oc3ccccc3c21.CC1(C)c2ccccc2-c2c1cc(-c1cccc(-c3nc(-c4ccccc4)nc(-c4ccccc4)n3)c1)c1oc3ccccc3c21.c1ccc(-c2nc(-c3ccccc3)nc(-c3ccc4c(c3)oc3ccc5c(c34)-c3ccccc3C5(c3ccccc3)c3ccccc3)n2)cc1. The minimum Gasteiger partial charge on any atom is -0.456 e. The van der Waals surface area contributed by atoms with Gasteiger partial charge in [-0.05, 0) is 138 Å². The van der Waals surface area contributed by atoms with Crippen molar-refractivity contribution in [3.05, 3.63) is 499 Å². The van der Waals surface area contributed by atoms with Crippen molar-refractivity contribution >= 4 is 65.8 Å². The Hall–Kier alpha value is -18.4. The first kappa shape index (κ1) is 84.1. The summed E-state index contributed by atoms with van der Waals surface area (Å²) in [6.45, 7) is 9.31. The molecule has 670 valence electrons. The number of rotatable bonds is 13. The highest BCUT2D eigenvalue weighted by molar-refractivity contribution is 6.21. The molecule has 28 rings (SSSR count). The molecule has 3 aliphatic carbocycles. The van der Waals surface area contributed by atoms with Crippen LogP contribution in [0.4, 0.5) is 0 Å². The summed E-state index contributed by atoms with van der Waals surface area (Å²) >= 11 is 0. The van der Waals surface area contributed by atoms with E-state index in [1.165, 1.54) is 88.7 Å². The largest absolute Gasteiger partial charge is 0.456 e. The highest BCUT2D eigenvalue weighted by Gasteiger charge is 2.48. The summed E-state index contributed by atoms with van der Waals surface area (Å²) in [7, 11) is 0. The summed E-state index contributed by atoms with van der Waals surface area (Å²) in [6.07, 6.45) is 0. The Morgan fingerprint density at radius 1 is 0.169 bits per heavy atom. The highest BCUT2D eigenvalue weighted by atomic mass is 16.3. The smallest absolute Gasteiger partial charge is 0.164 e. The molecule has 6 aromatic heterocycles. The maximum atomic E-state index is 6.70. The molecule has 0 radical (unpaired) electrons. The van der Waals surface area contributed by atoms with Crippen LogP contribution in [0.5, 0.6) is 0 Å². The van der Waals surface area contributed by atoms with Crippen LogP contribution in [0, 0.1) is 0 Å². The first-order valence-electron chi connectivity index (χ1n) is 48.1. The Bertz CT molecular complexity index is 9040. The third-order valence-electron chi connectivity index (χ3n) is 28.7. The van der Waals surface area contributed by atoms with E-state index in [1.807, 2.05) is 194 Å². The molecule has 0 bridgehead atoms. The van der Waals surface area contributed by atoms with Gasteiger partial charge in [-0.15, -0.1) is 0 Å². The van der Waals surface area contributed by atoms with Gasteiger partial charge in [-0.3, -0.25) is 0 Å². The average molecular weight is 1820 g/mol. The molecule has 12 nitrogen and oxygen atoms in total. The van der Waals surface area contributed by atoms with Gasteiger partial charge in [0.2, 0.25) is 0 Å². The molecular weight excluding hydrogens is 1740 g/mol. The summed E-state index contributed by atoms with van der Waals surface area (Å²) < 4.78 is 20.1. The van der Waals surface area contributed by atoms with Crippen LogP contribution in [0.3, 0.4) is 0 Å². The van der Waals surface area contributed by atoms with Crippen LogP contribution in [0.1, 0.15) is 72.2 Å². The quantitative estimate of drug-likeness (QED) is 0.108. The van der Waals surface area contributed by atoms with Crippen molar-refractivity contribution in [2.45, 2.75) is 43.9 Å². The van der Waals surface area contributed by atoms with Crippen molar-refractivity contribution in [1.82, 2.24) is 44.9 Å². The van der Waals surface area contributed by atoms with Crippen LogP contribution in [0.25, 0.3) is 224 Å². The van der Waals surface area contributed by atoms with Crippen LogP contribution < -0.4 is 0 Å². The lowest BCUT2D eigenvalue weighted by Crippen LogP contribution is -2.28. The second-order valence-corrected chi connectivity index (χ2v) is 37.6. The average Bonchev–Trinajstić information content (AvgIpc) is 1.52. The predicted molar refractivity (Wildman–Crippen MR) is 574 cm³/mol. The van der Waals surface area contributed by atoms with E-state index < -0.39 is 5.41 Å². The minimum atomic E-state index is -0.473. The van der Waals surface area contributed by atoms with Gasteiger partial charge in [0, 0.05) is 104 Å². The zero-order valence-electron chi connectivity index (χ0n) is 78.1. The summed E-state index contributed by atoms with van der Waals surface area (Å²) in [4.78, 5) is 44.4. The number of furan rings is 3. The number of benzene rings is 19. The van der Waals surface area contributed by atoms with Crippen molar-refractivity contribution in [1.29, 1.82) is 0 Å². The molecule has 0 spiro atoms. The fourth-order valence-corrected chi connectivity index (χ4v) is 21.9. The molecule has 25 aromatic rings. The normalized spacial score (nSPS) is 13.1. The standard InChI is InChI=1S/C46H29N3O.2C42H29N3O/c1-5-15-30(16-6-1)43-47-44(31-17-7-2-8-18-31)49-45(48-43)32-25-26-36-40(29-32)50-39-28-27-38-41(42(36)39)35-23-13-14-24-37(35)46(38,33-19-9-3-10-20-33)34-21-11-4-12-22-34;1-42(2)33-22-11-9-20-30(33)36-34(42)25-32(38-37(36)31-21-10-12-23-35(31)46-38)28-18-13-19-29(24-28)41-44-39(26-14-5-3-6-15-26)43-40(45-41)27-16-7-4-8-17-27;1-42(2)33-19-11-9-17-30(33)36-34(42)25-32(38-37(36)31-18-10-12-20-35(31)46-38)26-21-23-29(24-22-26)41-44-39(27-13-5-3-6-14-27)43-40(45-41)28-15-7-4-8-16-28/h1-29H;2*3-25H,1-2H3. The van der Waals surface area contributed by atoms with Crippen LogP contribution in [0.2, 0.25) is 0 Å². The minimum absolute atomic E-state index is 0.139. The van der Waals surface area contributed by atoms with E-state index in [0.717, 1.165) is 127 Å². The molecule has 12 heteroatoms. The summed E-state index contributed by atoms with van der Waals surface area (Å²) in [5.74, 6) is 5.72. The fourth-order valence-electron chi connectivity index (χ4n) is 21.9. The first-order chi connectivity index (χ1) is 69.9. The van der Waals surface area contributed by atoms with Crippen molar-refractivity contribution in [2.75, 3.05) is 0 Å². The van der Waals surface area contributed by atoms with Crippen LogP contribution in [-0.2, 0) is 16.2 Å². The fraction of sp³-hybridized carbons (Fsp3) is 0.0538. The third-order valence-corrected chi connectivity index (χ3v) is 28.7. The van der Waals surface area contributed by atoms with Gasteiger partial charge < -0.3 is 13.3 Å². The molecule has 0 unspecified atom stereocenters. The van der Waals surface area contributed by atoms with Gasteiger partial charge in [0.05, 0.1) is 5.41 Å². The predicted octanol–water partition coefficient (Wildman–Crippen LogP) is 32.6. The van der Waals surface area contributed by atoms with Crippen molar-refractivity contribution < 1.29 is 13.3 Å². The van der Waals surface area contributed by atoms with E-state index in [2.05, 4.69) is 289 Å². The highest BCUT2D eigenvalue weighted by Crippen LogP contribution is 2.61. The lowest BCUT2D eigenvalue weighted by Gasteiger charge is -2.33. The molecule has 6 heterocycles. The molecule has 3 aliphatic rings. The molecule has 0 atom stereocenters. The number of hydrogen-bond acceptors (Lipinski definition) is 12. The van der Waals surface area contributed by atoms with Crippen molar-refractivity contribution in [2.24, 2.45) is 0 Å². The van der Waals surface area contributed by atoms with Crippen molar-refractivity contribution in [3.63, 3.8) is 0 Å². The summed E-state index contributed by atoms with van der Waals surface area (Å²) in [5, 5.41) is 6.82. The molecule has 0 N–H and O–H groups in total. The van der Waals surface area contributed by atoms with E-state index in [-0.39, 0.29) is 10.8 Å². The van der Waals surface area contributed by atoms with Crippen LogP contribution >= 0.6 is 0 Å². The maximum absolute atomic E-state index is 6.70.